The van der Waals surface area contributed by atoms with E-state index in [9.17, 15) is 9.59 Å². The van der Waals surface area contributed by atoms with E-state index < -0.39 is 5.97 Å². The third kappa shape index (κ3) is 2.57. The molecule has 0 aliphatic heterocycles. The van der Waals surface area contributed by atoms with Crippen molar-refractivity contribution in [1.82, 2.24) is 0 Å². The van der Waals surface area contributed by atoms with Crippen molar-refractivity contribution < 1.29 is 14.7 Å². The van der Waals surface area contributed by atoms with Crippen LogP contribution in [0.1, 0.15) is 25.6 Å². The van der Waals surface area contributed by atoms with Crippen LogP contribution in [0.15, 0.2) is 35.7 Å². The van der Waals surface area contributed by atoms with Gasteiger partial charge in [0.15, 0.2) is 0 Å². The van der Waals surface area contributed by atoms with Crippen molar-refractivity contribution in [2.75, 3.05) is 5.32 Å². The van der Waals surface area contributed by atoms with E-state index in [0.29, 0.717) is 11.3 Å². The number of carbonyl (C=O) groups excluding carboxylic acids is 1. The predicted molar refractivity (Wildman–Crippen MR) is 70.4 cm³/mol. The van der Waals surface area contributed by atoms with Crippen LogP contribution in [0.3, 0.4) is 0 Å². The molecule has 1 heterocycles. The number of nitrogens with one attached hydrogen (secondary N) is 1. The normalized spacial score (nSPS) is 10.1. The van der Waals surface area contributed by atoms with Gasteiger partial charge in [0.05, 0.1) is 5.69 Å². The summed E-state index contributed by atoms with van der Waals surface area (Å²) >= 11 is 1.08. The summed E-state index contributed by atoms with van der Waals surface area (Å²) in [6, 6.07) is 8.66. The number of hydrogen-bond donors (Lipinski definition) is 2. The molecule has 92 valence electrons. The number of hydrogen-bond acceptors (Lipinski definition) is 3. The smallest absolute Gasteiger partial charge is 0.348 e. The average molecular weight is 261 g/mol. The molecule has 2 aromatic rings. The van der Waals surface area contributed by atoms with Gasteiger partial charge in [-0.15, -0.1) is 11.3 Å². The van der Waals surface area contributed by atoms with Crippen LogP contribution < -0.4 is 5.32 Å². The molecule has 0 saturated carbocycles. The zero-order chi connectivity index (χ0) is 13.1. The summed E-state index contributed by atoms with van der Waals surface area (Å²) in [6.07, 6.45) is 0. The number of carboxylic acid groups (broad SMARTS) is 1. The quantitative estimate of drug-likeness (QED) is 0.892. The molecule has 0 aliphatic rings. The predicted octanol–water partition coefficient (Wildman–Crippen LogP) is 3.01. The summed E-state index contributed by atoms with van der Waals surface area (Å²) in [4.78, 5) is 22.9. The summed E-state index contributed by atoms with van der Waals surface area (Å²) in [6.45, 7) is 1.93. The van der Waals surface area contributed by atoms with E-state index in [1.807, 2.05) is 19.1 Å². The van der Waals surface area contributed by atoms with Gasteiger partial charge in [-0.05, 0) is 30.5 Å². The highest BCUT2D eigenvalue weighted by molar-refractivity contribution is 7.12. The molecule has 2 N–H and O–H groups in total. The largest absolute Gasteiger partial charge is 0.477 e. The molecule has 0 spiro atoms. The molecule has 1 aromatic carbocycles. The summed E-state index contributed by atoms with van der Waals surface area (Å²) in [5, 5.41) is 13.2. The Balaban J connectivity index is 2.19. The fourth-order valence-corrected chi connectivity index (χ4v) is 2.16. The standard InChI is InChI=1S/C13H11NO3S/c1-8-2-4-9(5-3-8)12(15)14-10-6-7-18-11(10)13(16)17/h2-7H,1H3,(H,14,15)(H,16,17). The molecule has 0 aliphatic carbocycles. The monoisotopic (exact) mass is 261 g/mol. The topological polar surface area (TPSA) is 66.4 Å². The van der Waals surface area contributed by atoms with E-state index in [4.69, 9.17) is 5.11 Å². The highest BCUT2D eigenvalue weighted by Gasteiger charge is 2.14. The number of benzene rings is 1. The number of rotatable bonds is 3. The lowest BCUT2D eigenvalue weighted by Crippen LogP contribution is -2.13. The zero-order valence-electron chi connectivity index (χ0n) is 9.64. The van der Waals surface area contributed by atoms with E-state index in [1.54, 1.807) is 23.6 Å². The Hall–Kier alpha value is -2.14. The third-order valence-electron chi connectivity index (χ3n) is 2.42. The Labute approximate surface area is 108 Å². The molecule has 18 heavy (non-hydrogen) atoms. The Morgan fingerprint density at radius 1 is 1.17 bits per heavy atom. The first-order chi connectivity index (χ1) is 8.58. The van der Waals surface area contributed by atoms with Crippen LogP contribution in [0, 0.1) is 6.92 Å². The van der Waals surface area contributed by atoms with Crippen LogP contribution in [0.4, 0.5) is 5.69 Å². The first-order valence-corrected chi connectivity index (χ1v) is 6.14. The van der Waals surface area contributed by atoms with Crippen LogP contribution in [0.2, 0.25) is 0 Å². The molecule has 2 rings (SSSR count). The number of amides is 1. The number of carbonyl (C=O) groups is 2. The zero-order valence-corrected chi connectivity index (χ0v) is 10.5. The minimum Gasteiger partial charge on any atom is -0.477 e. The SMILES string of the molecule is Cc1ccc(C(=O)Nc2ccsc2C(=O)O)cc1. The number of aromatic carboxylic acids is 1. The molecule has 5 heteroatoms. The second kappa shape index (κ2) is 5.01. The second-order valence-corrected chi connectivity index (χ2v) is 4.70. The van der Waals surface area contributed by atoms with Gasteiger partial charge in [-0.1, -0.05) is 17.7 Å². The van der Waals surface area contributed by atoms with Crippen molar-refractivity contribution in [2.24, 2.45) is 0 Å². The molecule has 4 nitrogen and oxygen atoms in total. The van der Waals surface area contributed by atoms with Gasteiger partial charge >= 0.3 is 5.97 Å². The number of anilines is 1. The van der Waals surface area contributed by atoms with Gasteiger partial charge in [-0.25, -0.2) is 4.79 Å². The average Bonchev–Trinajstić information content (AvgIpc) is 2.78. The lowest BCUT2D eigenvalue weighted by Gasteiger charge is -2.04. The maximum absolute atomic E-state index is 11.9. The van der Waals surface area contributed by atoms with Crippen molar-refractivity contribution in [3.05, 3.63) is 51.7 Å². The summed E-state index contributed by atoms with van der Waals surface area (Å²) in [7, 11) is 0. The Bertz CT molecular complexity index is 587. The van der Waals surface area contributed by atoms with Crippen molar-refractivity contribution in [3.8, 4) is 0 Å². The number of aryl methyl sites for hydroxylation is 1. The maximum Gasteiger partial charge on any atom is 0.348 e. The molecule has 1 amide bonds. The van der Waals surface area contributed by atoms with Gasteiger partial charge in [0.25, 0.3) is 5.91 Å². The van der Waals surface area contributed by atoms with Gasteiger partial charge < -0.3 is 10.4 Å². The highest BCUT2D eigenvalue weighted by atomic mass is 32.1. The van der Waals surface area contributed by atoms with Crippen LogP contribution in [-0.2, 0) is 0 Å². The maximum atomic E-state index is 11.9. The summed E-state index contributed by atoms with van der Waals surface area (Å²) in [5.74, 6) is -1.35. The van der Waals surface area contributed by atoms with E-state index in [1.165, 1.54) is 0 Å². The first-order valence-electron chi connectivity index (χ1n) is 5.27. The first kappa shape index (κ1) is 12.3. The molecule has 0 fully saturated rings. The van der Waals surface area contributed by atoms with Crippen LogP contribution in [0.25, 0.3) is 0 Å². The number of carboxylic acids is 1. The molecule has 0 unspecified atom stereocenters. The Morgan fingerprint density at radius 2 is 1.83 bits per heavy atom. The summed E-state index contributed by atoms with van der Waals surface area (Å²) in [5.41, 5.74) is 1.90. The minimum absolute atomic E-state index is 0.135. The van der Waals surface area contributed by atoms with E-state index in [2.05, 4.69) is 5.32 Å². The lowest BCUT2D eigenvalue weighted by molar-refractivity contribution is 0.0703. The molecule has 0 saturated heterocycles. The molecular weight excluding hydrogens is 250 g/mol. The van der Waals surface area contributed by atoms with Gasteiger partial charge in [-0.2, -0.15) is 0 Å². The van der Waals surface area contributed by atoms with Crippen molar-refractivity contribution in [2.45, 2.75) is 6.92 Å². The van der Waals surface area contributed by atoms with Crippen molar-refractivity contribution in [1.29, 1.82) is 0 Å². The van der Waals surface area contributed by atoms with Gasteiger partial charge in [0, 0.05) is 5.56 Å². The molecule has 0 radical (unpaired) electrons. The Kier molecular flexibility index (Phi) is 3.43. The minimum atomic E-state index is -1.04. The van der Waals surface area contributed by atoms with Crippen LogP contribution in [-0.4, -0.2) is 17.0 Å². The Morgan fingerprint density at radius 3 is 2.44 bits per heavy atom. The highest BCUT2D eigenvalue weighted by Crippen LogP contribution is 2.22. The lowest BCUT2D eigenvalue weighted by atomic mass is 10.1. The van der Waals surface area contributed by atoms with E-state index in [0.717, 1.165) is 16.9 Å². The summed E-state index contributed by atoms with van der Waals surface area (Å²) < 4.78 is 0. The second-order valence-electron chi connectivity index (χ2n) is 3.79. The molecule has 0 atom stereocenters. The van der Waals surface area contributed by atoms with Crippen molar-refractivity contribution in [3.63, 3.8) is 0 Å². The fraction of sp³-hybridized carbons (Fsp3) is 0.0769. The fourth-order valence-electron chi connectivity index (χ4n) is 1.47. The van der Waals surface area contributed by atoms with Gasteiger partial charge in [0.2, 0.25) is 0 Å². The van der Waals surface area contributed by atoms with Crippen molar-refractivity contribution >= 4 is 28.9 Å². The molecule has 0 bridgehead atoms. The molecular formula is C13H11NO3S. The third-order valence-corrected chi connectivity index (χ3v) is 3.32. The van der Waals surface area contributed by atoms with Crippen LogP contribution in [0.5, 0.6) is 0 Å². The van der Waals surface area contributed by atoms with E-state index in [-0.39, 0.29) is 10.8 Å². The van der Waals surface area contributed by atoms with Gasteiger partial charge in [-0.3, -0.25) is 4.79 Å². The van der Waals surface area contributed by atoms with E-state index >= 15 is 0 Å². The molecule has 1 aromatic heterocycles. The number of thiophene rings is 1. The van der Waals surface area contributed by atoms with Gasteiger partial charge in [0.1, 0.15) is 4.88 Å². The van der Waals surface area contributed by atoms with Crippen LogP contribution >= 0.6 is 11.3 Å².